The van der Waals surface area contributed by atoms with Gasteiger partial charge in [0, 0.05) is 23.2 Å². The van der Waals surface area contributed by atoms with E-state index in [1.807, 2.05) is 32.0 Å². The number of benzene rings is 1. The van der Waals surface area contributed by atoms with Gasteiger partial charge in [-0.05, 0) is 37.1 Å². The lowest BCUT2D eigenvalue weighted by molar-refractivity contribution is -0.113. The van der Waals surface area contributed by atoms with Gasteiger partial charge in [-0.3, -0.25) is 14.7 Å². The molecule has 2 rings (SSSR count). The number of carbonyl (C=O) groups is 1. The predicted octanol–water partition coefficient (Wildman–Crippen LogP) is 2.19. The van der Waals surface area contributed by atoms with Crippen LogP contribution in [-0.4, -0.2) is 21.9 Å². The Labute approximate surface area is 121 Å². The SMILES string of the molecule is Cc1ccc(NC(=O)CSCc2cc(=O)[nH][nH]2)cc1C. The van der Waals surface area contributed by atoms with Gasteiger partial charge in [-0.15, -0.1) is 11.8 Å². The molecule has 0 aliphatic carbocycles. The van der Waals surface area contributed by atoms with Gasteiger partial charge in [-0.1, -0.05) is 6.07 Å². The van der Waals surface area contributed by atoms with Crippen LogP contribution in [0.5, 0.6) is 0 Å². The van der Waals surface area contributed by atoms with Crippen LogP contribution in [0.15, 0.2) is 29.1 Å². The molecule has 1 heterocycles. The Balaban J connectivity index is 1.80. The number of aromatic nitrogens is 2. The van der Waals surface area contributed by atoms with Gasteiger partial charge in [0.2, 0.25) is 5.91 Å². The number of rotatable bonds is 5. The van der Waals surface area contributed by atoms with Crippen molar-refractivity contribution in [2.75, 3.05) is 11.1 Å². The molecule has 0 unspecified atom stereocenters. The maximum atomic E-state index is 11.8. The molecule has 1 aromatic heterocycles. The first-order chi connectivity index (χ1) is 9.54. The summed E-state index contributed by atoms with van der Waals surface area (Å²) in [6, 6.07) is 7.34. The van der Waals surface area contributed by atoms with Gasteiger partial charge >= 0.3 is 0 Å². The van der Waals surface area contributed by atoms with Crippen LogP contribution in [-0.2, 0) is 10.5 Å². The zero-order chi connectivity index (χ0) is 14.5. The second kappa shape index (κ2) is 6.47. The molecular weight excluding hydrogens is 274 g/mol. The molecule has 6 heteroatoms. The topological polar surface area (TPSA) is 77.8 Å². The van der Waals surface area contributed by atoms with E-state index in [4.69, 9.17) is 0 Å². The number of amides is 1. The van der Waals surface area contributed by atoms with E-state index >= 15 is 0 Å². The van der Waals surface area contributed by atoms with Crippen molar-refractivity contribution in [3.63, 3.8) is 0 Å². The Morgan fingerprint density at radius 3 is 2.65 bits per heavy atom. The lowest BCUT2D eigenvalue weighted by Gasteiger charge is -2.07. The summed E-state index contributed by atoms with van der Waals surface area (Å²) in [6.07, 6.45) is 0. The summed E-state index contributed by atoms with van der Waals surface area (Å²) in [7, 11) is 0. The van der Waals surface area contributed by atoms with E-state index in [-0.39, 0.29) is 11.5 Å². The molecule has 5 nitrogen and oxygen atoms in total. The minimum absolute atomic E-state index is 0.0452. The maximum absolute atomic E-state index is 11.8. The molecule has 0 saturated carbocycles. The number of H-pyrrole nitrogens is 2. The zero-order valence-electron chi connectivity index (χ0n) is 11.4. The molecule has 0 atom stereocenters. The summed E-state index contributed by atoms with van der Waals surface area (Å²) in [5.74, 6) is 0.898. The standard InChI is InChI=1S/C14H17N3O2S/c1-9-3-4-11(5-10(9)2)15-14(19)8-20-7-12-6-13(18)17-16-12/h3-6H,7-8H2,1-2H3,(H,15,19)(H2,16,17,18). The molecule has 0 aliphatic rings. The summed E-state index contributed by atoms with van der Waals surface area (Å²) >= 11 is 1.45. The van der Waals surface area contributed by atoms with Crippen molar-refractivity contribution in [1.82, 2.24) is 10.2 Å². The summed E-state index contributed by atoms with van der Waals surface area (Å²) in [5, 5.41) is 8.08. The van der Waals surface area contributed by atoms with E-state index in [9.17, 15) is 9.59 Å². The Bertz CT molecular complexity index is 660. The average Bonchev–Trinajstić information content (AvgIpc) is 2.80. The van der Waals surface area contributed by atoms with Crippen molar-refractivity contribution in [2.45, 2.75) is 19.6 Å². The fourth-order valence-electron chi connectivity index (χ4n) is 1.72. The maximum Gasteiger partial charge on any atom is 0.264 e. The number of aryl methyl sites for hydroxylation is 2. The van der Waals surface area contributed by atoms with Crippen molar-refractivity contribution in [3.8, 4) is 0 Å². The smallest absolute Gasteiger partial charge is 0.264 e. The predicted molar refractivity (Wildman–Crippen MR) is 82.1 cm³/mol. The van der Waals surface area contributed by atoms with Gasteiger partial charge in [0.1, 0.15) is 0 Å². The molecule has 0 bridgehead atoms. The van der Waals surface area contributed by atoms with Crippen LogP contribution < -0.4 is 10.9 Å². The quantitative estimate of drug-likeness (QED) is 0.790. The molecule has 0 aliphatic heterocycles. The van der Waals surface area contributed by atoms with Crippen molar-refractivity contribution in [3.05, 3.63) is 51.4 Å². The van der Waals surface area contributed by atoms with Crippen molar-refractivity contribution in [2.24, 2.45) is 0 Å². The van der Waals surface area contributed by atoms with Crippen LogP contribution in [0.3, 0.4) is 0 Å². The third-order valence-electron chi connectivity index (χ3n) is 2.93. The molecule has 1 aromatic carbocycles. The summed E-state index contributed by atoms with van der Waals surface area (Å²) in [5.41, 5.74) is 3.81. The highest BCUT2D eigenvalue weighted by molar-refractivity contribution is 7.99. The number of thioether (sulfide) groups is 1. The Morgan fingerprint density at radius 1 is 1.20 bits per heavy atom. The highest BCUT2D eigenvalue weighted by atomic mass is 32.2. The fourth-order valence-corrected chi connectivity index (χ4v) is 2.46. The van der Waals surface area contributed by atoms with Crippen LogP contribution in [0.25, 0.3) is 0 Å². The normalized spacial score (nSPS) is 10.5. The lowest BCUT2D eigenvalue weighted by atomic mass is 10.1. The lowest BCUT2D eigenvalue weighted by Crippen LogP contribution is -2.14. The zero-order valence-corrected chi connectivity index (χ0v) is 12.3. The molecule has 0 radical (unpaired) electrons. The highest BCUT2D eigenvalue weighted by Gasteiger charge is 2.04. The number of carbonyl (C=O) groups excluding carboxylic acids is 1. The van der Waals surface area contributed by atoms with E-state index in [0.29, 0.717) is 11.5 Å². The van der Waals surface area contributed by atoms with E-state index in [1.54, 1.807) is 0 Å². The van der Waals surface area contributed by atoms with Crippen LogP contribution in [0.2, 0.25) is 0 Å². The summed E-state index contributed by atoms with van der Waals surface area (Å²) in [4.78, 5) is 22.7. The average molecular weight is 291 g/mol. The second-order valence-corrected chi connectivity index (χ2v) is 5.61. The monoisotopic (exact) mass is 291 g/mol. The van der Waals surface area contributed by atoms with Crippen LogP contribution in [0.4, 0.5) is 5.69 Å². The first kappa shape index (κ1) is 14.5. The Kier molecular flexibility index (Phi) is 4.68. The molecule has 2 aromatic rings. The third kappa shape index (κ3) is 4.03. The van der Waals surface area contributed by atoms with E-state index in [0.717, 1.165) is 16.9 Å². The number of aromatic amines is 2. The molecule has 3 N–H and O–H groups in total. The van der Waals surface area contributed by atoms with Crippen molar-refractivity contribution < 1.29 is 4.79 Å². The number of nitrogens with one attached hydrogen (secondary N) is 3. The second-order valence-electron chi connectivity index (χ2n) is 4.62. The molecule has 0 saturated heterocycles. The van der Waals surface area contributed by atoms with Gasteiger partial charge < -0.3 is 10.4 Å². The largest absolute Gasteiger partial charge is 0.325 e. The van der Waals surface area contributed by atoms with Crippen molar-refractivity contribution in [1.29, 1.82) is 0 Å². The fraction of sp³-hybridized carbons (Fsp3) is 0.286. The first-order valence-corrected chi connectivity index (χ1v) is 7.41. The minimum atomic E-state index is -0.153. The van der Waals surface area contributed by atoms with Gasteiger partial charge in [0.25, 0.3) is 5.56 Å². The number of anilines is 1. The van der Waals surface area contributed by atoms with Gasteiger partial charge in [0.15, 0.2) is 0 Å². The molecule has 20 heavy (non-hydrogen) atoms. The van der Waals surface area contributed by atoms with E-state index in [1.165, 1.54) is 23.4 Å². The molecular formula is C14H17N3O2S. The van der Waals surface area contributed by atoms with Crippen LogP contribution in [0, 0.1) is 13.8 Å². The van der Waals surface area contributed by atoms with Gasteiger partial charge in [-0.25, -0.2) is 0 Å². The van der Waals surface area contributed by atoms with Gasteiger partial charge in [-0.2, -0.15) is 0 Å². The summed E-state index contributed by atoms with van der Waals surface area (Å²) in [6.45, 7) is 4.05. The first-order valence-electron chi connectivity index (χ1n) is 6.26. The molecule has 0 spiro atoms. The molecule has 106 valence electrons. The van der Waals surface area contributed by atoms with Crippen LogP contribution in [0.1, 0.15) is 16.8 Å². The number of hydrogen-bond donors (Lipinski definition) is 3. The Hall–Kier alpha value is -1.95. The van der Waals surface area contributed by atoms with Crippen LogP contribution >= 0.6 is 11.8 Å². The summed E-state index contributed by atoms with van der Waals surface area (Å²) < 4.78 is 0. The Morgan fingerprint density at radius 2 is 2.00 bits per heavy atom. The highest BCUT2D eigenvalue weighted by Crippen LogP contribution is 2.15. The van der Waals surface area contributed by atoms with Crippen molar-refractivity contribution >= 4 is 23.4 Å². The molecule has 0 fully saturated rings. The number of hydrogen-bond acceptors (Lipinski definition) is 3. The van der Waals surface area contributed by atoms with E-state index in [2.05, 4.69) is 15.5 Å². The minimum Gasteiger partial charge on any atom is -0.325 e. The third-order valence-corrected chi connectivity index (χ3v) is 3.91. The van der Waals surface area contributed by atoms with E-state index < -0.39 is 0 Å². The molecule has 1 amide bonds. The van der Waals surface area contributed by atoms with Gasteiger partial charge in [0.05, 0.1) is 5.75 Å².